The fourth-order valence-corrected chi connectivity index (χ4v) is 7.89. The molecule has 0 amide bonds. The Labute approximate surface area is 352 Å². The Morgan fingerprint density at radius 3 is 1.43 bits per heavy atom. The minimum Gasteiger partial charge on any atom is -0.462 e. The van der Waals surface area contributed by atoms with Crippen molar-refractivity contribution in [3.8, 4) is 0 Å². The van der Waals surface area contributed by atoms with Crippen molar-refractivity contribution in [2.24, 2.45) is 0 Å². The lowest BCUT2D eigenvalue weighted by Crippen LogP contribution is -2.60. The molecule has 1 aliphatic rings. The van der Waals surface area contributed by atoms with E-state index in [4.69, 9.17) is 18.9 Å². The van der Waals surface area contributed by atoms with E-state index < -0.39 is 71.2 Å². The number of carbonyl (C=O) groups excluding carboxylic acids is 2. The number of allylic oxidation sites excluding steroid dienone is 2. The van der Waals surface area contributed by atoms with E-state index in [-0.39, 0.29) is 19.4 Å². The van der Waals surface area contributed by atoms with E-state index in [1.165, 1.54) is 109 Å². The molecule has 0 aromatic carbocycles. The van der Waals surface area contributed by atoms with Crippen LogP contribution in [0, 0.1) is 0 Å². The molecule has 12 nitrogen and oxygen atoms in total. The Kier molecular flexibility index (Phi) is 33.8. The number of rotatable bonds is 39. The topological polar surface area (TPSA) is 186 Å². The molecule has 0 spiro atoms. The van der Waals surface area contributed by atoms with Crippen molar-refractivity contribution in [3.63, 3.8) is 0 Å². The average molecular weight is 849 g/mol. The zero-order valence-electron chi connectivity index (χ0n) is 36.4. The van der Waals surface area contributed by atoms with Gasteiger partial charge in [0, 0.05) is 12.8 Å². The van der Waals surface area contributed by atoms with Crippen LogP contribution >= 0.6 is 0 Å². The SMILES string of the molecule is CCCCCCCC/C=C/CCCCCCCC(=O)OC[C@H](CO[C@H]1O[C@H](CS(=O)(=O)O)[C@@H](O)C(O)C1O)OC(=O)CCCCCCCCCCCCCCCCC. The van der Waals surface area contributed by atoms with Crippen LogP contribution in [-0.4, -0.2) is 96.0 Å². The maximum Gasteiger partial charge on any atom is 0.306 e. The van der Waals surface area contributed by atoms with Gasteiger partial charge in [-0.3, -0.25) is 14.1 Å². The number of hydrogen-bond acceptors (Lipinski definition) is 11. The zero-order valence-corrected chi connectivity index (χ0v) is 37.2. The van der Waals surface area contributed by atoms with Gasteiger partial charge in [-0.15, -0.1) is 0 Å². The van der Waals surface area contributed by atoms with Crippen LogP contribution in [0.15, 0.2) is 12.2 Å². The van der Waals surface area contributed by atoms with E-state index in [1.54, 1.807) is 0 Å². The highest BCUT2D eigenvalue weighted by molar-refractivity contribution is 7.85. The fraction of sp³-hybridized carbons (Fsp3) is 0.911. The van der Waals surface area contributed by atoms with Crippen LogP contribution in [0.4, 0.5) is 0 Å². The second kappa shape index (κ2) is 36.1. The third kappa shape index (κ3) is 30.4. The van der Waals surface area contributed by atoms with E-state index >= 15 is 0 Å². The molecule has 342 valence electrons. The molecule has 0 aromatic rings. The first-order chi connectivity index (χ1) is 28.0. The highest BCUT2D eigenvalue weighted by Crippen LogP contribution is 2.24. The number of carbonyl (C=O) groups is 2. The van der Waals surface area contributed by atoms with Crippen LogP contribution in [0.2, 0.25) is 0 Å². The predicted octanol–water partition coefficient (Wildman–Crippen LogP) is 9.45. The summed E-state index contributed by atoms with van der Waals surface area (Å²) in [6.45, 7) is 3.76. The summed E-state index contributed by atoms with van der Waals surface area (Å²) >= 11 is 0. The van der Waals surface area contributed by atoms with Gasteiger partial charge in [0.25, 0.3) is 10.1 Å². The van der Waals surface area contributed by atoms with Crippen LogP contribution in [0.1, 0.15) is 206 Å². The van der Waals surface area contributed by atoms with Crippen molar-refractivity contribution >= 4 is 22.1 Å². The van der Waals surface area contributed by atoms with Gasteiger partial charge in [-0.1, -0.05) is 167 Å². The first-order valence-corrected chi connectivity index (χ1v) is 24.9. The molecule has 1 aliphatic heterocycles. The van der Waals surface area contributed by atoms with Crippen LogP contribution in [0.5, 0.6) is 0 Å². The van der Waals surface area contributed by atoms with Crippen molar-refractivity contribution in [3.05, 3.63) is 12.2 Å². The molecule has 58 heavy (non-hydrogen) atoms. The summed E-state index contributed by atoms with van der Waals surface area (Å²) in [5.41, 5.74) is 0. The molecule has 1 heterocycles. The number of ether oxygens (including phenoxy) is 4. The zero-order chi connectivity index (χ0) is 42.7. The minimum atomic E-state index is -4.60. The second-order valence-electron chi connectivity index (χ2n) is 16.4. The van der Waals surface area contributed by atoms with Gasteiger partial charge in [0.2, 0.25) is 0 Å². The number of hydrogen-bond donors (Lipinski definition) is 4. The molecular formula is C45H84O12S. The first-order valence-electron chi connectivity index (χ1n) is 23.2. The molecule has 0 bridgehead atoms. The van der Waals surface area contributed by atoms with E-state index in [2.05, 4.69) is 26.0 Å². The van der Waals surface area contributed by atoms with Gasteiger partial charge >= 0.3 is 11.9 Å². The second-order valence-corrected chi connectivity index (χ2v) is 17.9. The largest absolute Gasteiger partial charge is 0.462 e. The van der Waals surface area contributed by atoms with Crippen LogP contribution in [0.3, 0.4) is 0 Å². The molecule has 0 aliphatic carbocycles. The van der Waals surface area contributed by atoms with Crippen molar-refractivity contribution in [2.45, 2.75) is 243 Å². The third-order valence-corrected chi connectivity index (χ3v) is 11.6. The third-order valence-electron chi connectivity index (χ3n) is 10.8. The monoisotopic (exact) mass is 849 g/mol. The first kappa shape index (κ1) is 54.4. The van der Waals surface area contributed by atoms with Gasteiger partial charge in [-0.25, -0.2) is 0 Å². The van der Waals surface area contributed by atoms with Crippen LogP contribution in [0.25, 0.3) is 0 Å². The fourth-order valence-electron chi connectivity index (χ4n) is 7.20. The van der Waals surface area contributed by atoms with Gasteiger partial charge < -0.3 is 34.3 Å². The van der Waals surface area contributed by atoms with Crippen molar-refractivity contribution in [2.75, 3.05) is 19.0 Å². The van der Waals surface area contributed by atoms with Crippen LogP contribution < -0.4 is 0 Å². The van der Waals surface area contributed by atoms with Gasteiger partial charge in [0.1, 0.15) is 36.8 Å². The molecule has 1 rings (SSSR count). The lowest BCUT2D eigenvalue weighted by atomic mass is 10.00. The Balaban J connectivity index is 2.43. The molecule has 0 aromatic heterocycles. The van der Waals surface area contributed by atoms with E-state index in [0.29, 0.717) is 12.8 Å². The number of esters is 2. The maximum atomic E-state index is 12.8. The van der Waals surface area contributed by atoms with E-state index in [0.717, 1.165) is 57.8 Å². The van der Waals surface area contributed by atoms with Crippen molar-refractivity contribution < 1.29 is 56.8 Å². The number of unbranched alkanes of at least 4 members (excludes halogenated alkanes) is 25. The van der Waals surface area contributed by atoms with Gasteiger partial charge in [0.05, 0.1) is 6.61 Å². The highest BCUT2D eigenvalue weighted by atomic mass is 32.2. The molecule has 1 fully saturated rings. The molecule has 1 saturated heterocycles. The molecule has 13 heteroatoms. The summed E-state index contributed by atoms with van der Waals surface area (Å²) in [6, 6.07) is 0. The van der Waals surface area contributed by atoms with E-state index in [9.17, 15) is 37.9 Å². The summed E-state index contributed by atoms with van der Waals surface area (Å²) < 4.78 is 54.1. The standard InChI is InChI=1S/C45H84O12S/c1-3-5-7-9-11-13-15-17-19-21-23-25-27-29-31-33-40(46)54-35-38(36-55-45-44(50)43(49)42(48)39(57-45)37-58(51,52)53)56-41(47)34-32-30-28-26-24-22-20-18-16-14-12-10-8-6-4-2/h17,19,38-39,42-45,48-50H,3-16,18,20-37H2,1-2H3,(H,51,52,53)/b19-17+/t38-,39-,42-,43?,44?,45+/m1/s1. The van der Waals surface area contributed by atoms with Crippen molar-refractivity contribution in [1.29, 1.82) is 0 Å². The van der Waals surface area contributed by atoms with Crippen LogP contribution in [-0.2, 0) is 38.7 Å². The summed E-state index contributed by atoms with van der Waals surface area (Å²) in [5, 5.41) is 30.9. The summed E-state index contributed by atoms with van der Waals surface area (Å²) in [5.74, 6) is -1.98. The summed E-state index contributed by atoms with van der Waals surface area (Å²) in [4.78, 5) is 25.4. The van der Waals surface area contributed by atoms with Gasteiger partial charge in [-0.05, 0) is 38.5 Å². The quantitative estimate of drug-likeness (QED) is 0.0199. The minimum absolute atomic E-state index is 0.168. The molecule has 2 unspecified atom stereocenters. The lowest BCUT2D eigenvalue weighted by molar-refractivity contribution is -0.297. The molecule has 4 N–H and O–H groups in total. The number of aliphatic hydroxyl groups excluding tert-OH is 3. The lowest BCUT2D eigenvalue weighted by Gasteiger charge is -2.40. The van der Waals surface area contributed by atoms with Gasteiger partial charge in [-0.2, -0.15) is 8.42 Å². The maximum absolute atomic E-state index is 12.8. The molecule has 0 saturated carbocycles. The Bertz CT molecular complexity index is 1130. The van der Waals surface area contributed by atoms with Gasteiger partial charge in [0.15, 0.2) is 12.4 Å². The molecule has 0 radical (unpaired) electrons. The Morgan fingerprint density at radius 1 is 0.569 bits per heavy atom. The average Bonchev–Trinajstić information content (AvgIpc) is 3.18. The van der Waals surface area contributed by atoms with E-state index in [1.807, 2.05) is 0 Å². The normalized spacial score (nSPS) is 20.4. The van der Waals surface area contributed by atoms with Crippen molar-refractivity contribution in [1.82, 2.24) is 0 Å². The molecule has 6 atom stereocenters. The summed E-state index contributed by atoms with van der Waals surface area (Å²) in [6.07, 6.45) is 28.2. The predicted molar refractivity (Wildman–Crippen MR) is 229 cm³/mol. The molecular weight excluding hydrogens is 765 g/mol. The highest BCUT2D eigenvalue weighted by Gasteiger charge is 2.46. The Morgan fingerprint density at radius 2 is 0.983 bits per heavy atom. The Hall–Kier alpha value is -1.61. The summed E-state index contributed by atoms with van der Waals surface area (Å²) in [7, 11) is -4.60. The number of aliphatic hydroxyl groups is 3. The smallest absolute Gasteiger partial charge is 0.306 e.